The fourth-order valence-electron chi connectivity index (χ4n) is 2.71. The van der Waals surface area contributed by atoms with Crippen LogP contribution in [0.1, 0.15) is 32.8 Å². The minimum absolute atomic E-state index is 0.586. The summed E-state index contributed by atoms with van der Waals surface area (Å²) >= 11 is 3.66. The second-order valence-corrected chi connectivity index (χ2v) is 6.76. The van der Waals surface area contributed by atoms with E-state index >= 15 is 0 Å². The molecule has 1 N–H and O–H groups in total. The summed E-state index contributed by atoms with van der Waals surface area (Å²) in [4.78, 5) is 2.57. The fraction of sp³-hybridized carbons (Fsp3) is 0.625. The predicted molar refractivity (Wildman–Crippen MR) is 86.9 cm³/mol. The Balaban J connectivity index is 2.24. The molecule has 0 bridgehead atoms. The lowest BCUT2D eigenvalue weighted by molar-refractivity contribution is 0.325. The van der Waals surface area contributed by atoms with Crippen LogP contribution in [0.25, 0.3) is 0 Å². The third-order valence-electron chi connectivity index (χ3n) is 4.21. The van der Waals surface area contributed by atoms with Crippen LogP contribution < -0.4 is 10.2 Å². The van der Waals surface area contributed by atoms with Gasteiger partial charge in [-0.15, -0.1) is 0 Å². The van der Waals surface area contributed by atoms with Crippen molar-refractivity contribution in [1.29, 1.82) is 0 Å². The monoisotopic (exact) mass is 324 g/mol. The van der Waals surface area contributed by atoms with E-state index < -0.39 is 0 Å². The van der Waals surface area contributed by atoms with Gasteiger partial charge in [-0.3, -0.25) is 0 Å². The second kappa shape index (κ2) is 6.27. The van der Waals surface area contributed by atoms with Crippen LogP contribution in [0.15, 0.2) is 22.7 Å². The molecular weight excluding hydrogens is 300 g/mol. The molecule has 1 aliphatic rings. The summed E-state index contributed by atoms with van der Waals surface area (Å²) < 4.78 is 1.21. The van der Waals surface area contributed by atoms with E-state index in [1.165, 1.54) is 22.1 Å². The first-order valence-corrected chi connectivity index (χ1v) is 8.08. The molecule has 0 saturated carbocycles. The first-order valence-electron chi connectivity index (χ1n) is 7.29. The van der Waals surface area contributed by atoms with Crippen molar-refractivity contribution in [3.63, 3.8) is 0 Å². The number of piperazine rings is 1. The lowest BCUT2D eigenvalue weighted by atomic mass is 9.97. The first-order chi connectivity index (χ1) is 9.02. The van der Waals surface area contributed by atoms with Crippen LogP contribution in [0.4, 0.5) is 5.69 Å². The summed E-state index contributed by atoms with van der Waals surface area (Å²) in [5.41, 5.74) is 2.64. The Morgan fingerprint density at radius 1 is 1.42 bits per heavy atom. The lowest BCUT2D eigenvalue weighted by Crippen LogP contribution is -2.58. The molecule has 0 aromatic heterocycles. The number of hydrogen-bond donors (Lipinski definition) is 1. The fourth-order valence-corrected chi connectivity index (χ4v) is 3.08. The van der Waals surface area contributed by atoms with E-state index in [0.717, 1.165) is 13.1 Å². The Morgan fingerprint density at radius 2 is 2.16 bits per heavy atom. The maximum Gasteiger partial charge on any atom is 0.0412 e. The van der Waals surface area contributed by atoms with Gasteiger partial charge >= 0.3 is 0 Å². The molecule has 1 aromatic carbocycles. The van der Waals surface area contributed by atoms with Gasteiger partial charge in [0.05, 0.1) is 0 Å². The molecule has 2 nitrogen and oxygen atoms in total. The molecular formula is C16H25BrN2. The Hall–Kier alpha value is -0.540. The van der Waals surface area contributed by atoms with Crippen molar-refractivity contribution in [3.05, 3.63) is 28.2 Å². The van der Waals surface area contributed by atoms with Gasteiger partial charge in [0.1, 0.15) is 0 Å². The number of benzene rings is 1. The number of rotatable bonds is 3. The summed E-state index contributed by atoms with van der Waals surface area (Å²) in [6, 6.07) is 7.91. The van der Waals surface area contributed by atoms with Gasteiger partial charge in [0.15, 0.2) is 0 Å². The Labute approximate surface area is 125 Å². The number of nitrogens with zero attached hydrogens (tertiary/aromatic N) is 1. The summed E-state index contributed by atoms with van der Waals surface area (Å²) in [6.45, 7) is 11.2. The summed E-state index contributed by atoms with van der Waals surface area (Å²) in [6.07, 6.45) is 1.18. The minimum Gasteiger partial charge on any atom is -0.366 e. The van der Waals surface area contributed by atoms with Gasteiger partial charge in [-0.25, -0.2) is 0 Å². The van der Waals surface area contributed by atoms with Crippen molar-refractivity contribution in [2.45, 2.75) is 46.2 Å². The third-order valence-corrected chi connectivity index (χ3v) is 5.07. The van der Waals surface area contributed by atoms with Gasteiger partial charge in [0.2, 0.25) is 0 Å². The zero-order valence-electron chi connectivity index (χ0n) is 12.4. The van der Waals surface area contributed by atoms with Crippen molar-refractivity contribution >= 4 is 21.6 Å². The number of halogens is 1. The van der Waals surface area contributed by atoms with E-state index in [0.29, 0.717) is 18.0 Å². The molecule has 1 saturated heterocycles. The van der Waals surface area contributed by atoms with Gasteiger partial charge in [0, 0.05) is 35.3 Å². The van der Waals surface area contributed by atoms with E-state index in [9.17, 15) is 0 Å². The van der Waals surface area contributed by atoms with Crippen molar-refractivity contribution in [1.82, 2.24) is 5.32 Å². The van der Waals surface area contributed by atoms with Gasteiger partial charge < -0.3 is 10.2 Å². The number of aryl methyl sites for hydroxylation is 1. The Kier molecular flexibility index (Phi) is 4.91. The van der Waals surface area contributed by atoms with Crippen LogP contribution >= 0.6 is 15.9 Å². The standard InChI is InChI=1S/C16H25BrN2/c1-5-13-9-18-16(11(2)3)10-19(13)14-7-6-12(4)15(17)8-14/h6-8,11,13,16,18H,5,9-10H2,1-4H3. The predicted octanol–water partition coefficient (Wildman–Crippen LogP) is 3.97. The average Bonchev–Trinajstić information content (AvgIpc) is 2.41. The van der Waals surface area contributed by atoms with Crippen molar-refractivity contribution < 1.29 is 0 Å². The van der Waals surface area contributed by atoms with Gasteiger partial charge in [-0.2, -0.15) is 0 Å². The van der Waals surface area contributed by atoms with Crippen LogP contribution in [-0.4, -0.2) is 25.2 Å². The van der Waals surface area contributed by atoms with Crippen LogP contribution in [0.2, 0.25) is 0 Å². The highest BCUT2D eigenvalue weighted by Gasteiger charge is 2.28. The lowest BCUT2D eigenvalue weighted by Gasteiger charge is -2.43. The molecule has 2 unspecified atom stereocenters. The molecule has 0 amide bonds. The normalized spacial score (nSPS) is 24.0. The SMILES string of the molecule is CCC1CNC(C(C)C)CN1c1ccc(C)c(Br)c1. The number of nitrogens with one attached hydrogen (secondary N) is 1. The zero-order valence-corrected chi connectivity index (χ0v) is 14.0. The third kappa shape index (κ3) is 3.32. The summed E-state index contributed by atoms with van der Waals surface area (Å²) in [5.74, 6) is 0.675. The van der Waals surface area contributed by atoms with Crippen LogP contribution in [0, 0.1) is 12.8 Å². The zero-order chi connectivity index (χ0) is 14.0. The molecule has 1 heterocycles. The van der Waals surface area contributed by atoms with E-state index in [1.807, 2.05) is 0 Å². The summed E-state index contributed by atoms with van der Waals surface area (Å²) in [7, 11) is 0. The van der Waals surface area contributed by atoms with Gasteiger partial charge in [-0.1, -0.05) is 42.8 Å². The Morgan fingerprint density at radius 3 is 2.74 bits per heavy atom. The molecule has 3 heteroatoms. The average molecular weight is 325 g/mol. The maximum absolute atomic E-state index is 3.69. The molecule has 1 aliphatic heterocycles. The molecule has 2 atom stereocenters. The molecule has 1 aromatic rings. The molecule has 106 valence electrons. The molecule has 1 fully saturated rings. The Bertz CT molecular complexity index is 431. The van der Waals surface area contributed by atoms with Crippen molar-refractivity contribution in [2.24, 2.45) is 5.92 Å². The van der Waals surface area contributed by atoms with Crippen LogP contribution in [0.5, 0.6) is 0 Å². The van der Waals surface area contributed by atoms with Gasteiger partial charge in [0.25, 0.3) is 0 Å². The minimum atomic E-state index is 0.586. The topological polar surface area (TPSA) is 15.3 Å². The molecule has 0 spiro atoms. The highest BCUT2D eigenvalue weighted by molar-refractivity contribution is 9.10. The smallest absolute Gasteiger partial charge is 0.0412 e. The highest BCUT2D eigenvalue weighted by atomic mass is 79.9. The quantitative estimate of drug-likeness (QED) is 0.905. The number of hydrogen-bond acceptors (Lipinski definition) is 2. The van der Waals surface area contributed by atoms with Crippen LogP contribution in [-0.2, 0) is 0 Å². The van der Waals surface area contributed by atoms with Crippen molar-refractivity contribution in [2.75, 3.05) is 18.0 Å². The van der Waals surface area contributed by atoms with E-state index in [4.69, 9.17) is 0 Å². The van der Waals surface area contributed by atoms with E-state index in [2.05, 4.69) is 72.0 Å². The molecule has 0 radical (unpaired) electrons. The molecule has 19 heavy (non-hydrogen) atoms. The second-order valence-electron chi connectivity index (χ2n) is 5.91. The largest absolute Gasteiger partial charge is 0.366 e. The number of anilines is 1. The maximum atomic E-state index is 3.69. The van der Waals surface area contributed by atoms with Gasteiger partial charge in [-0.05, 0) is 37.0 Å². The van der Waals surface area contributed by atoms with E-state index in [-0.39, 0.29) is 0 Å². The van der Waals surface area contributed by atoms with Crippen molar-refractivity contribution in [3.8, 4) is 0 Å². The molecule has 2 rings (SSSR count). The van der Waals surface area contributed by atoms with E-state index in [1.54, 1.807) is 0 Å². The highest BCUT2D eigenvalue weighted by Crippen LogP contribution is 2.27. The first kappa shape index (κ1) is 14.9. The van der Waals surface area contributed by atoms with Crippen LogP contribution in [0.3, 0.4) is 0 Å². The molecule has 0 aliphatic carbocycles. The summed E-state index contributed by atoms with van der Waals surface area (Å²) in [5, 5.41) is 3.69.